The Morgan fingerprint density at radius 1 is 1.21 bits per heavy atom. The maximum Gasteiger partial charge on any atom is 0.223 e. The molecule has 0 unspecified atom stereocenters. The Bertz CT molecular complexity index is 795. The molecule has 1 aromatic carbocycles. The summed E-state index contributed by atoms with van der Waals surface area (Å²) in [5.41, 5.74) is 0.956. The summed E-state index contributed by atoms with van der Waals surface area (Å²) in [4.78, 5) is 21.9. The van der Waals surface area contributed by atoms with Gasteiger partial charge in [0.25, 0.3) is 0 Å². The summed E-state index contributed by atoms with van der Waals surface area (Å²) in [5, 5.41) is 4.23. The van der Waals surface area contributed by atoms with Gasteiger partial charge in [-0.2, -0.15) is 0 Å². The van der Waals surface area contributed by atoms with E-state index in [-0.39, 0.29) is 11.8 Å². The standard InChI is InChI=1S/C21H30N4O2S/c1-27-17-8-5-9-18-19(17)23-21(28-18)25-14-12-24(13-15-25)11-10-22-20(26)16-6-3-2-4-7-16/h5,8-9,16H,2-4,6-7,10-15H2,1H3,(H,22,26). The first-order chi connectivity index (χ1) is 13.7. The van der Waals surface area contributed by atoms with Gasteiger partial charge in [0.2, 0.25) is 5.91 Å². The number of thiazole rings is 1. The summed E-state index contributed by atoms with van der Waals surface area (Å²) in [7, 11) is 1.69. The molecule has 2 heterocycles. The molecule has 1 aliphatic carbocycles. The number of aromatic nitrogens is 1. The molecule has 1 saturated heterocycles. The minimum absolute atomic E-state index is 0.252. The largest absolute Gasteiger partial charge is 0.494 e. The van der Waals surface area contributed by atoms with Gasteiger partial charge in [0.05, 0.1) is 11.8 Å². The average Bonchev–Trinajstić information content (AvgIpc) is 3.19. The van der Waals surface area contributed by atoms with Crippen LogP contribution in [0.15, 0.2) is 18.2 Å². The van der Waals surface area contributed by atoms with Gasteiger partial charge in [-0.25, -0.2) is 4.98 Å². The van der Waals surface area contributed by atoms with Crippen molar-refractivity contribution in [2.75, 3.05) is 51.3 Å². The van der Waals surface area contributed by atoms with Gasteiger partial charge in [0.1, 0.15) is 11.3 Å². The molecule has 6 nitrogen and oxygen atoms in total. The molecule has 0 spiro atoms. The van der Waals surface area contributed by atoms with Gasteiger partial charge in [-0.1, -0.05) is 36.7 Å². The van der Waals surface area contributed by atoms with E-state index in [1.54, 1.807) is 18.4 Å². The monoisotopic (exact) mass is 402 g/mol. The zero-order valence-electron chi connectivity index (χ0n) is 16.7. The Hall–Kier alpha value is -1.86. The summed E-state index contributed by atoms with van der Waals surface area (Å²) in [5.74, 6) is 1.36. The predicted octanol–water partition coefficient (Wildman–Crippen LogP) is 3.12. The number of anilines is 1. The Morgan fingerprint density at radius 3 is 2.75 bits per heavy atom. The number of benzene rings is 1. The first-order valence-electron chi connectivity index (χ1n) is 10.4. The summed E-state index contributed by atoms with van der Waals surface area (Å²) >= 11 is 1.73. The quantitative estimate of drug-likeness (QED) is 0.805. The second-order valence-corrected chi connectivity index (χ2v) is 8.77. The molecule has 1 N–H and O–H groups in total. The van der Waals surface area contributed by atoms with Crippen molar-refractivity contribution in [1.29, 1.82) is 0 Å². The van der Waals surface area contributed by atoms with Crippen molar-refractivity contribution in [1.82, 2.24) is 15.2 Å². The van der Waals surface area contributed by atoms with Crippen LogP contribution in [-0.4, -0.2) is 62.2 Å². The fourth-order valence-electron chi connectivity index (χ4n) is 4.22. The fraction of sp³-hybridized carbons (Fsp3) is 0.619. The molecule has 2 aromatic rings. The number of fused-ring (bicyclic) bond motifs is 1. The van der Waals surface area contributed by atoms with Gasteiger partial charge >= 0.3 is 0 Å². The molecule has 4 rings (SSSR count). The summed E-state index contributed by atoms with van der Waals surface area (Å²) in [6.45, 7) is 5.64. The van der Waals surface area contributed by atoms with Crippen LogP contribution in [0.25, 0.3) is 10.2 Å². The second-order valence-electron chi connectivity index (χ2n) is 7.76. The van der Waals surface area contributed by atoms with Gasteiger partial charge < -0.3 is 15.0 Å². The number of amides is 1. The lowest BCUT2D eigenvalue weighted by Crippen LogP contribution is -2.48. The van der Waals surface area contributed by atoms with Crippen molar-refractivity contribution in [3.05, 3.63) is 18.2 Å². The lowest BCUT2D eigenvalue weighted by Gasteiger charge is -2.34. The number of nitrogens with zero attached hydrogens (tertiary/aromatic N) is 3. The topological polar surface area (TPSA) is 57.7 Å². The van der Waals surface area contributed by atoms with Crippen LogP contribution < -0.4 is 15.0 Å². The Labute approximate surface area is 170 Å². The van der Waals surface area contributed by atoms with Crippen LogP contribution >= 0.6 is 11.3 Å². The summed E-state index contributed by atoms with van der Waals surface area (Å²) in [6.07, 6.45) is 5.83. The first-order valence-corrected chi connectivity index (χ1v) is 11.2. The molecule has 2 aliphatic rings. The van der Waals surface area contributed by atoms with Gasteiger partial charge in [0, 0.05) is 45.2 Å². The number of methoxy groups -OCH3 is 1. The van der Waals surface area contributed by atoms with Crippen LogP contribution in [0.2, 0.25) is 0 Å². The molecule has 1 aliphatic heterocycles. The Balaban J connectivity index is 1.24. The second kappa shape index (κ2) is 9.09. The zero-order chi connectivity index (χ0) is 19.3. The molecule has 28 heavy (non-hydrogen) atoms. The molecular formula is C21H30N4O2S. The number of carbonyl (C=O) groups is 1. The molecule has 2 fully saturated rings. The van der Waals surface area contributed by atoms with E-state index in [9.17, 15) is 4.79 Å². The molecule has 0 atom stereocenters. The van der Waals surface area contributed by atoms with E-state index in [0.717, 1.165) is 68.5 Å². The third kappa shape index (κ3) is 4.41. The van der Waals surface area contributed by atoms with Crippen molar-refractivity contribution in [3.63, 3.8) is 0 Å². The SMILES string of the molecule is COc1cccc2sc(N3CCN(CCNC(=O)C4CCCCC4)CC3)nc12. The van der Waals surface area contributed by atoms with Gasteiger partial charge in [-0.15, -0.1) is 0 Å². The van der Waals surface area contributed by atoms with Crippen LogP contribution in [0.4, 0.5) is 5.13 Å². The van der Waals surface area contributed by atoms with Crippen molar-refractivity contribution in [2.45, 2.75) is 32.1 Å². The van der Waals surface area contributed by atoms with Crippen LogP contribution in [0.3, 0.4) is 0 Å². The third-order valence-corrected chi connectivity index (χ3v) is 7.02. The van der Waals surface area contributed by atoms with Gasteiger partial charge in [-0.3, -0.25) is 9.69 Å². The highest BCUT2D eigenvalue weighted by Gasteiger charge is 2.22. The van der Waals surface area contributed by atoms with E-state index in [2.05, 4.69) is 21.2 Å². The highest BCUT2D eigenvalue weighted by atomic mass is 32.1. The molecule has 7 heteroatoms. The van der Waals surface area contributed by atoms with Crippen LogP contribution in [0, 0.1) is 5.92 Å². The average molecular weight is 403 g/mol. The minimum atomic E-state index is 0.252. The number of nitrogens with one attached hydrogen (secondary N) is 1. The Kier molecular flexibility index (Phi) is 6.32. The zero-order valence-corrected chi connectivity index (χ0v) is 17.5. The van der Waals surface area contributed by atoms with E-state index in [1.807, 2.05) is 12.1 Å². The summed E-state index contributed by atoms with van der Waals surface area (Å²) < 4.78 is 6.60. The molecule has 152 valence electrons. The maximum absolute atomic E-state index is 12.3. The van der Waals surface area contributed by atoms with E-state index in [4.69, 9.17) is 9.72 Å². The van der Waals surface area contributed by atoms with Crippen LogP contribution in [0.1, 0.15) is 32.1 Å². The predicted molar refractivity (Wildman–Crippen MR) is 114 cm³/mol. The normalized spacial score (nSPS) is 19.1. The van der Waals surface area contributed by atoms with Gasteiger partial charge in [0.15, 0.2) is 5.13 Å². The van der Waals surface area contributed by atoms with E-state index in [1.165, 1.54) is 24.0 Å². The lowest BCUT2D eigenvalue weighted by molar-refractivity contribution is -0.125. The molecule has 1 saturated carbocycles. The fourth-order valence-corrected chi connectivity index (χ4v) is 5.26. The van der Waals surface area contributed by atoms with E-state index < -0.39 is 0 Å². The lowest BCUT2D eigenvalue weighted by atomic mass is 9.89. The third-order valence-electron chi connectivity index (χ3n) is 5.94. The van der Waals surface area contributed by atoms with Crippen LogP contribution in [-0.2, 0) is 4.79 Å². The van der Waals surface area contributed by atoms with Crippen LogP contribution in [0.5, 0.6) is 5.75 Å². The number of rotatable bonds is 6. The van der Waals surface area contributed by atoms with Gasteiger partial charge in [-0.05, 0) is 25.0 Å². The number of hydrogen-bond acceptors (Lipinski definition) is 6. The number of ether oxygens (including phenoxy) is 1. The van der Waals surface area contributed by atoms with Crippen molar-refractivity contribution in [3.8, 4) is 5.75 Å². The first kappa shape index (κ1) is 19.5. The number of piperazine rings is 1. The molecule has 1 aromatic heterocycles. The minimum Gasteiger partial charge on any atom is -0.494 e. The maximum atomic E-state index is 12.3. The van der Waals surface area contributed by atoms with E-state index >= 15 is 0 Å². The molecule has 0 bridgehead atoms. The van der Waals surface area contributed by atoms with Crippen molar-refractivity contribution < 1.29 is 9.53 Å². The highest BCUT2D eigenvalue weighted by Crippen LogP contribution is 2.34. The number of para-hydroxylation sites is 1. The van der Waals surface area contributed by atoms with Crippen molar-refractivity contribution in [2.24, 2.45) is 5.92 Å². The summed E-state index contributed by atoms with van der Waals surface area (Å²) in [6, 6.07) is 6.08. The number of hydrogen-bond donors (Lipinski definition) is 1. The Morgan fingerprint density at radius 2 is 2.00 bits per heavy atom. The number of carbonyl (C=O) groups excluding carboxylic acids is 1. The smallest absolute Gasteiger partial charge is 0.223 e. The van der Waals surface area contributed by atoms with E-state index in [0.29, 0.717) is 0 Å². The molecular weight excluding hydrogens is 372 g/mol. The highest BCUT2D eigenvalue weighted by molar-refractivity contribution is 7.22. The molecule has 0 radical (unpaired) electrons. The van der Waals surface area contributed by atoms with Crippen molar-refractivity contribution >= 4 is 32.6 Å². The molecule has 1 amide bonds.